The van der Waals surface area contributed by atoms with Crippen molar-refractivity contribution in [1.29, 1.82) is 0 Å². The van der Waals surface area contributed by atoms with Gasteiger partial charge in [-0.25, -0.2) is 5.43 Å². The molecule has 1 unspecified atom stereocenters. The van der Waals surface area contributed by atoms with Gasteiger partial charge in [0.05, 0.1) is 19.3 Å². The van der Waals surface area contributed by atoms with Crippen molar-refractivity contribution in [2.45, 2.75) is 26.8 Å². The van der Waals surface area contributed by atoms with E-state index < -0.39 is 0 Å². The van der Waals surface area contributed by atoms with Crippen LogP contribution in [0, 0.1) is 20.8 Å². The van der Waals surface area contributed by atoms with E-state index in [1.54, 1.807) is 7.11 Å². The van der Waals surface area contributed by atoms with Crippen LogP contribution in [0.25, 0.3) is 0 Å². The summed E-state index contributed by atoms with van der Waals surface area (Å²) in [5.41, 5.74) is 8.39. The standard InChI is InChI=1S/C15H22N4O/c1-9-6-10(2)14(13(7-9)20-5)15(18-16)12-8-17-19(4)11(12)3/h6-8,15,18H,16H2,1-5H3. The number of rotatable bonds is 4. The zero-order valence-corrected chi connectivity index (χ0v) is 12.7. The van der Waals surface area contributed by atoms with E-state index in [0.717, 1.165) is 28.1 Å². The average Bonchev–Trinajstić information content (AvgIpc) is 2.73. The number of aryl methyl sites for hydroxylation is 3. The molecule has 1 aromatic heterocycles. The predicted octanol–water partition coefficient (Wildman–Crippen LogP) is 1.91. The Kier molecular flexibility index (Phi) is 4.11. The first kappa shape index (κ1) is 14.6. The first-order valence-corrected chi connectivity index (χ1v) is 6.59. The van der Waals surface area contributed by atoms with Gasteiger partial charge in [-0.05, 0) is 38.0 Å². The fourth-order valence-corrected chi connectivity index (χ4v) is 2.61. The molecule has 0 amide bonds. The summed E-state index contributed by atoms with van der Waals surface area (Å²) < 4.78 is 7.38. The highest BCUT2D eigenvalue weighted by molar-refractivity contribution is 5.49. The Morgan fingerprint density at radius 2 is 2.00 bits per heavy atom. The molecular weight excluding hydrogens is 252 g/mol. The molecule has 5 heteroatoms. The zero-order chi connectivity index (χ0) is 14.9. The van der Waals surface area contributed by atoms with E-state index in [-0.39, 0.29) is 6.04 Å². The average molecular weight is 274 g/mol. The van der Waals surface area contributed by atoms with Gasteiger partial charge < -0.3 is 4.74 Å². The van der Waals surface area contributed by atoms with Crippen molar-refractivity contribution in [3.8, 4) is 5.75 Å². The number of nitrogens with two attached hydrogens (primary N) is 1. The van der Waals surface area contributed by atoms with Gasteiger partial charge in [0.2, 0.25) is 0 Å². The summed E-state index contributed by atoms with van der Waals surface area (Å²) in [4.78, 5) is 0. The molecule has 1 atom stereocenters. The summed E-state index contributed by atoms with van der Waals surface area (Å²) >= 11 is 0. The molecule has 0 fully saturated rings. The maximum atomic E-state index is 5.80. The molecule has 0 saturated carbocycles. The van der Waals surface area contributed by atoms with Gasteiger partial charge in [0.25, 0.3) is 0 Å². The van der Waals surface area contributed by atoms with Gasteiger partial charge in [0.15, 0.2) is 0 Å². The lowest BCUT2D eigenvalue weighted by atomic mass is 9.93. The lowest BCUT2D eigenvalue weighted by molar-refractivity contribution is 0.403. The summed E-state index contributed by atoms with van der Waals surface area (Å²) in [5, 5.41) is 4.29. The number of nitrogens with zero attached hydrogens (tertiary/aromatic N) is 2. The third kappa shape index (κ3) is 2.42. The second-order valence-electron chi connectivity index (χ2n) is 5.11. The van der Waals surface area contributed by atoms with Crippen LogP contribution in [-0.4, -0.2) is 16.9 Å². The molecule has 0 spiro atoms. The van der Waals surface area contributed by atoms with Crippen LogP contribution in [0.3, 0.4) is 0 Å². The smallest absolute Gasteiger partial charge is 0.124 e. The van der Waals surface area contributed by atoms with Crippen LogP contribution < -0.4 is 16.0 Å². The topological polar surface area (TPSA) is 65.1 Å². The molecule has 0 saturated heterocycles. The zero-order valence-electron chi connectivity index (χ0n) is 12.7. The second kappa shape index (κ2) is 5.64. The maximum Gasteiger partial charge on any atom is 0.124 e. The van der Waals surface area contributed by atoms with E-state index in [4.69, 9.17) is 10.6 Å². The van der Waals surface area contributed by atoms with E-state index in [1.165, 1.54) is 5.56 Å². The number of ether oxygens (including phenoxy) is 1. The van der Waals surface area contributed by atoms with E-state index in [0.29, 0.717) is 0 Å². The summed E-state index contributed by atoms with van der Waals surface area (Å²) in [7, 11) is 3.60. The minimum absolute atomic E-state index is 0.140. The van der Waals surface area contributed by atoms with Gasteiger partial charge >= 0.3 is 0 Å². The molecule has 0 radical (unpaired) electrons. The molecule has 5 nitrogen and oxygen atoms in total. The molecular formula is C15H22N4O. The Labute approximate surface area is 119 Å². The molecule has 0 aliphatic rings. The maximum absolute atomic E-state index is 5.80. The normalized spacial score (nSPS) is 12.5. The number of methoxy groups -OCH3 is 1. The number of hydrogen-bond donors (Lipinski definition) is 2. The molecule has 1 heterocycles. The summed E-state index contributed by atoms with van der Waals surface area (Å²) in [6, 6.07) is 4.02. The second-order valence-corrected chi connectivity index (χ2v) is 5.11. The van der Waals surface area contributed by atoms with Crippen LogP contribution in [0.5, 0.6) is 5.75 Å². The van der Waals surface area contributed by atoms with Gasteiger partial charge in [-0.15, -0.1) is 0 Å². The molecule has 0 bridgehead atoms. The Morgan fingerprint density at radius 1 is 1.30 bits per heavy atom. The molecule has 108 valence electrons. The van der Waals surface area contributed by atoms with Crippen LogP contribution in [0.2, 0.25) is 0 Å². The summed E-state index contributed by atoms with van der Waals surface area (Å²) in [5.74, 6) is 6.64. The molecule has 2 rings (SSSR count). The minimum Gasteiger partial charge on any atom is -0.496 e. The monoisotopic (exact) mass is 274 g/mol. The third-order valence-electron chi connectivity index (χ3n) is 3.75. The summed E-state index contributed by atoms with van der Waals surface area (Å²) in [6.45, 7) is 6.16. The van der Waals surface area contributed by atoms with Crippen molar-refractivity contribution in [3.05, 3.63) is 46.3 Å². The van der Waals surface area contributed by atoms with E-state index >= 15 is 0 Å². The van der Waals surface area contributed by atoms with E-state index in [2.05, 4.69) is 30.4 Å². The summed E-state index contributed by atoms with van der Waals surface area (Å²) in [6.07, 6.45) is 1.85. The van der Waals surface area contributed by atoms with Gasteiger partial charge in [-0.3, -0.25) is 10.5 Å². The van der Waals surface area contributed by atoms with E-state index in [1.807, 2.05) is 30.9 Å². The molecule has 20 heavy (non-hydrogen) atoms. The third-order valence-corrected chi connectivity index (χ3v) is 3.75. The molecule has 1 aromatic carbocycles. The quantitative estimate of drug-likeness (QED) is 0.660. The van der Waals surface area contributed by atoms with Crippen molar-refractivity contribution >= 4 is 0 Å². The largest absolute Gasteiger partial charge is 0.496 e. The van der Waals surface area contributed by atoms with Gasteiger partial charge in [-0.2, -0.15) is 5.10 Å². The van der Waals surface area contributed by atoms with Crippen LogP contribution in [-0.2, 0) is 7.05 Å². The lowest BCUT2D eigenvalue weighted by Crippen LogP contribution is -2.30. The number of hydrazine groups is 1. The van der Waals surface area contributed by atoms with Gasteiger partial charge in [0, 0.05) is 23.9 Å². The molecule has 3 N–H and O–H groups in total. The Bertz CT molecular complexity index is 619. The number of hydrogen-bond acceptors (Lipinski definition) is 4. The highest BCUT2D eigenvalue weighted by Crippen LogP contribution is 2.34. The van der Waals surface area contributed by atoms with Crippen LogP contribution >= 0.6 is 0 Å². The Morgan fingerprint density at radius 3 is 2.50 bits per heavy atom. The van der Waals surface area contributed by atoms with Gasteiger partial charge in [-0.1, -0.05) is 6.07 Å². The van der Waals surface area contributed by atoms with Crippen molar-refractivity contribution in [2.75, 3.05) is 7.11 Å². The molecule has 0 aliphatic heterocycles. The number of benzene rings is 1. The number of aromatic nitrogens is 2. The van der Waals surface area contributed by atoms with Crippen LogP contribution in [0.4, 0.5) is 0 Å². The Hall–Kier alpha value is -1.85. The fourth-order valence-electron chi connectivity index (χ4n) is 2.61. The van der Waals surface area contributed by atoms with E-state index in [9.17, 15) is 0 Å². The van der Waals surface area contributed by atoms with Crippen molar-refractivity contribution in [1.82, 2.24) is 15.2 Å². The first-order valence-electron chi connectivity index (χ1n) is 6.59. The fraction of sp³-hybridized carbons (Fsp3) is 0.400. The SMILES string of the molecule is COc1cc(C)cc(C)c1C(NN)c1cnn(C)c1C. The molecule has 2 aromatic rings. The number of nitrogens with one attached hydrogen (secondary N) is 1. The van der Waals surface area contributed by atoms with Gasteiger partial charge in [0.1, 0.15) is 5.75 Å². The van der Waals surface area contributed by atoms with Crippen molar-refractivity contribution in [2.24, 2.45) is 12.9 Å². The van der Waals surface area contributed by atoms with Crippen LogP contribution in [0.15, 0.2) is 18.3 Å². The lowest BCUT2D eigenvalue weighted by Gasteiger charge is -2.22. The predicted molar refractivity (Wildman–Crippen MR) is 79.6 cm³/mol. The minimum atomic E-state index is -0.140. The molecule has 0 aliphatic carbocycles. The van der Waals surface area contributed by atoms with Crippen molar-refractivity contribution < 1.29 is 4.74 Å². The van der Waals surface area contributed by atoms with Crippen LogP contribution in [0.1, 0.15) is 34.0 Å². The Balaban J connectivity index is 2.60. The highest BCUT2D eigenvalue weighted by Gasteiger charge is 2.23. The van der Waals surface area contributed by atoms with Crippen molar-refractivity contribution in [3.63, 3.8) is 0 Å². The highest BCUT2D eigenvalue weighted by atomic mass is 16.5. The first-order chi connectivity index (χ1) is 9.49.